The van der Waals surface area contributed by atoms with Gasteiger partial charge in [0, 0.05) is 6.61 Å². The van der Waals surface area contributed by atoms with Crippen LogP contribution in [0, 0.1) is 5.92 Å². The maximum absolute atomic E-state index is 6.07. The van der Waals surface area contributed by atoms with Crippen LogP contribution in [0.25, 0.3) is 0 Å². The molecule has 1 saturated carbocycles. The van der Waals surface area contributed by atoms with E-state index in [1.807, 2.05) is 0 Å². The average molecular weight is 216 g/mol. The molecule has 0 amide bonds. The van der Waals surface area contributed by atoms with E-state index in [0.29, 0.717) is 0 Å². The molecule has 2 heteroatoms. The number of rotatable bonds is 5. The van der Waals surface area contributed by atoms with Crippen molar-refractivity contribution in [3.05, 3.63) is 0 Å². The fraction of sp³-hybridized carbons (Fsp3) is 1.00. The van der Waals surface area contributed by atoms with E-state index in [0.717, 1.165) is 25.4 Å². The smallest absolute Gasteiger partial charge is 0.0679 e. The molecule has 0 bridgehead atoms. The summed E-state index contributed by atoms with van der Waals surface area (Å²) >= 11 is 0. The van der Waals surface area contributed by atoms with Gasteiger partial charge in [0.15, 0.2) is 0 Å². The van der Waals surface area contributed by atoms with Gasteiger partial charge in [0.05, 0.1) is 5.60 Å². The van der Waals surface area contributed by atoms with Crippen LogP contribution in [0.2, 0.25) is 0 Å². The molecule has 1 aliphatic rings. The van der Waals surface area contributed by atoms with Gasteiger partial charge in [-0.1, -0.05) is 33.1 Å². The largest absolute Gasteiger partial charge is 0.412 e. The van der Waals surface area contributed by atoms with Crippen molar-refractivity contribution in [1.82, 2.24) is 0 Å². The summed E-state index contributed by atoms with van der Waals surface area (Å²) in [6.45, 7) is 7.71. The van der Waals surface area contributed by atoms with Gasteiger partial charge in [0.1, 0.15) is 0 Å². The Balaban J connectivity index is 0.00000196. The first-order valence-corrected chi connectivity index (χ1v) is 6.37. The molecular formula is C13H28O2. The van der Waals surface area contributed by atoms with Crippen molar-refractivity contribution in [2.45, 2.75) is 71.3 Å². The van der Waals surface area contributed by atoms with Gasteiger partial charge in [-0.2, -0.15) is 0 Å². The summed E-state index contributed by atoms with van der Waals surface area (Å²) in [4.78, 5) is 0. The summed E-state index contributed by atoms with van der Waals surface area (Å²) in [5.41, 5.74) is 0.163. The van der Waals surface area contributed by atoms with Gasteiger partial charge < -0.3 is 10.2 Å². The number of hydrogen-bond donors (Lipinski definition) is 0. The predicted molar refractivity (Wildman–Crippen MR) is 65.1 cm³/mol. The van der Waals surface area contributed by atoms with Crippen molar-refractivity contribution in [2.24, 2.45) is 5.92 Å². The molecule has 0 saturated heterocycles. The van der Waals surface area contributed by atoms with E-state index in [-0.39, 0.29) is 11.1 Å². The minimum Gasteiger partial charge on any atom is -0.412 e. The van der Waals surface area contributed by atoms with E-state index in [2.05, 4.69) is 20.8 Å². The highest BCUT2D eigenvalue weighted by molar-refractivity contribution is 4.85. The summed E-state index contributed by atoms with van der Waals surface area (Å²) in [6, 6.07) is 0. The van der Waals surface area contributed by atoms with E-state index in [9.17, 15) is 0 Å². The van der Waals surface area contributed by atoms with Crippen LogP contribution >= 0.6 is 0 Å². The first-order valence-electron chi connectivity index (χ1n) is 6.37. The van der Waals surface area contributed by atoms with E-state index in [4.69, 9.17) is 4.74 Å². The molecule has 1 atom stereocenters. The van der Waals surface area contributed by atoms with Crippen molar-refractivity contribution >= 4 is 0 Å². The Hall–Kier alpha value is -0.0800. The van der Waals surface area contributed by atoms with Gasteiger partial charge in [-0.15, -0.1) is 0 Å². The van der Waals surface area contributed by atoms with Crippen LogP contribution in [0.1, 0.15) is 65.7 Å². The van der Waals surface area contributed by atoms with Crippen LogP contribution in [0.15, 0.2) is 0 Å². The zero-order valence-electron chi connectivity index (χ0n) is 10.6. The number of ether oxygens (including phenoxy) is 1. The molecule has 1 unspecified atom stereocenters. The van der Waals surface area contributed by atoms with Crippen molar-refractivity contribution in [1.29, 1.82) is 0 Å². The molecule has 15 heavy (non-hydrogen) atoms. The highest BCUT2D eigenvalue weighted by Crippen LogP contribution is 2.36. The zero-order valence-corrected chi connectivity index (χ0v) is 10.6. The molecule has 0 aliphatic heterocycles. The Morgan fingerprint density at radius 2 is 1.73 bits per heavy atom. The van der Waals surface area contributed by atoms with Crippen LogP contribution in [0.4, 0.5) is 0 Å². The molecule has 0 spiro atoms. The highest BCUT2D eigenvalue weighted by atomic mass is 16.5. The summed E-state index contributed by atoms with van der Waals surface area (Å²) in [5.74, 6) is 0.813. The van der Waals surface area contributed by atoms with E-state index in [1.165, 1.54) is 32.1 Å². The predicted octanol–water partition coefficient (Wildman–Crippen LogP) is 3.34. The lowest BCUT2D eigenvalue weighted by Gasteiger charge is -2.39. The quantitative estimate of drug-likeness (QED) is 0.695. The lowest BCUT2D eigenvalue weighted by atomic mass is 9.76. The Kier molecular flexibility index (Phi) is 7.20. The molecule has 1 rings (SSSR count). The molecule has 0 aromatic rings. The molecule has 0 heterocycles. The van der Waals surface area contributed by atoms with E-state index in [1.54, 1.807) is 0 Å². The van der Waals surface area contributed by atoms with Crippen molar-refractivity contribution < 1.29 is 10.2 Å². The summed E-state index contributed by atoms with van der Waals surface area (Å²) in [7, 11) is 0. The minimum atomic E-state index is 0. The second-order valence-electron chi connectivity index (χ2n) is 4.85. The second kappa shape index (κ2) is 7.24. The summed E-state index contributed by atoms with van der Waals surface area (Å²) in [5, 5.41) is 0. The minimum absolute atomic E-state index is 0. The molecule has 1 aliphatic carbocycles. The third-order valence-corrected chi connectivity index (χ3v) is 3.81. The Labute approximate surface area is 94.7 Å². The van der Waals surface area contributed by atoms with Crippen LogP contribution in [0.3, 0.4) is 0 Å². The van der Waals surface area contributed by atoms with Gasteiger partial charge in [0.25, 0.3) is 0 Å². The van der Waals surface area contributed by atoms with Crippen molar-refractivity contribution in [3.8, 4) is 0 Å². The van der Waals surface area contributed by atoms with Crippen LogP contribution in [0.5, 0.6) is 0 Å². The lowest BCUT2D eigenvalue weighted by molar-refractivity contribution is -0.0857. The van der Waals surface area contributed by atoms with Crippen LogP contribution < -0.4 is 0 Å². The fourth-order valence-electron chi connectivity index (χ4n) is 2.56. The zero-order chi connectivity index (χ0) is 10.4. The summed E-state index contributed by atoms with van der Waals surface area (Å²) in [6.07, 6.45) is 9.33. The maximum atomic E-state index is 6.07. The molecule has 1 fully saturated rings. The Morgan fingerprint density at radius 1 is 1.13 bits per heavy atom. The standard InChI is InChI=1S/C13H26O.H2O/c1-4-11-14-13(3,5-2)12-9-7-6-8-10-12;/h12H,4-11H2,1-3H3;1H2. The summed E-state index contributed by atoms with van der Waals surface area (Å²) < 4.78 is 6.07. The monoisotopic (exact) mass is 216 g/mol. The highest BCUT2D eigenvalue weighted by Gasteiger charge is 2.33. The van der Waals surface area contributed by atoms with Gasteiger partial charge in [0.2, 0.25) is 0 Å². The second-order valence-corrected chi connectivity index (χ2v) is 4.85. The first-order chi connectivity index (χ1) is 6.73. The first kappa shape index (κ1) is 14.9. The average Bonchev–Trinajstić information content (AvgIpc) is 2.27. The maximum Gasteiger partial charge on any atom is 0.0679 e. The van der Waals surface area contributed by atoms with E-state index >= 15 is 0 Å². The van der Waals surface area contributed by atoms with Crippen LogP contribution in [-0.4, -0.2) is 17.7 Å². The molecule has 0 radical (unpaired) electrons. The molecule has 2 N–H and O–H groups in total. The molecular weight excluding hydrogens is 188 g/mol. The molecule has 92 valence electrons. The Morgan fingerprint density at radius 3 is 2.20 bits per heavy atom. The molecule has 0 aromatic carbocycles. The number of hydrogen-bond acceptors (Lipinski definition) is 1. The van der Waals surface area contributed by atoms with Gasteiger partial charge in [-0.3, -0.25) is 0 Å². The lowest BCUT2D eigenvalue weighted by Crippen LogP contribution is -2.38. The van der Waals surface area contributed by atoms with Crippen molar-refractivity contribution in [2.75, 3.05) is 6.61 Å². The molecule has 2 nitrogen and oxygen atoms in total. The van der Waals surface area contributed by atoms with Gasteiger partial charge in [-0.05, 0) is 38.5 Å². The normalized spacial score (nSPS) is 21.8. The Bertz CT molecular complexity index is 153. The SMILES string of the molecule is CCCOC(C)(CC)C1CCCCC1.O. The van der Waals surface area contributed by atoms with Gasteiger partial charge in [-0.25, -0.2) is 0 Å². The van der Waals surface area contributed by atoms with Crippen LogP contribution in [-0.2, 0) is 4.74 Å². The van der Waals surface area contributed by atoms with Gasteiger partial charge >= 0.3 is 0 Å². The third-order valence-electron chi connectivity index (χ3n) is 3.81. The fourth-order valence-corrected chi connectivity index (χ4v) is 2.56. The third kappa shape index (κ3) is 4.12. The topological polar surface area (TPSA) is 40.7 Å². The molecule has 0 aromatic heterocycles. The van der Waals surface area contributed by atoms with E-state index < -0.39 is 0 Å². The van der Waals surface area contributed by atoms with Crippen molar-refractivity contribution in [3.63, 3.8) is 0 Å².